The molecule has 0 radical (unpaired) electrons. The number of hydrogen-bond acceptors (Lipinski definition) is 6. The molecule has 1 atom stereocenters. The van der Waals surface area contributed by atoms with Gasteiger partial charge in [0, 0.05) is 28.5 Å². The Bertz CT molecular complexity index is 839. The fourth-order valence-electron chi connectivity index (χ4n) is 8.61. The third-order valence-corrected chi connectivity index (χ3v) is 13.1. The minimum atomic E-state index is -2.11. The average Bonchev–Trinajstić information content (AvgIpc) is 3.24. The molecule has 0 amide bonds. The van der Waals surface area contributed by atoms with Gasteiger partial charge in [0.2, 0.25) is 0 Å². The first-order valence-electron chi connectivity index (χ1n) is 27.8. The lowest BCUT2D eigenvalue weighted by molar-refractivity contribution is -0.279. The molecule has 0 saturated heterocycles. The highest BCUT2D eigenvalue weighted by molar-refractivity contribution is 7.18. The summed E-state index contributed by atoms with van der Waals surface area (Å²) in [6.07, 6.45) is 57.0. The quantitative estimate of drug-likeness (QED) is 0.0262. The van der Waals surface area contributed by atoms with E-state index < -0.39 is 23.6 Å². The molecule has 6 nitrogen and oxygen atoms in total. The summed E-state index contributed by atoms with van der Waals surface area (Å²) in [6.45, 7) is 6.82. The Morgan fingerprint density at radius 3 is 0.532 bits per heavy atom. The SMILES string of the molecule is CCCCCCCCCCCCCCCCCC(=O)OC(P)(OC(=O)CCCCCCCCCCCCCCCCC)OC(=O)CCCCCCCCCCCCCCCCC. The van der Waals surface area contributed by atoms with Crippen molar-refractivity contribution in [2.24, 2.45) is 0 Å². The molecule has 0 fully saturated rings. The molecule has 0 spiro atoms. The highest BCUT2D eigenvalue weighted by atomic mass is 31.0. The van der Waals surface area contributed by atoms with Crippen molar-refractivity contribution in [2.75, 3.05) is 0 Å². The molecular weight excluding hydrogens is 788 g/mol. The standard InChI is InChI=1S/C55H107O6P/c1-4-7-10-13-16-19-22-25-28-31-34-37-40-43-46-49-52(56)59-55(62,60-53(57)50-47-44-41-38-35-32-29-26-23-20-17-14-11-8-5-2)61-54(58)51-48-45-42-39-36-33-30-27-24-21-18-15-12-9-6-3/h4-51,62H2,1-3H3. The Morgan fingerprint density at radius 2 is 0.387 bits per heavy atom. The summed E-state index contributed by atoms with van der Waals surface area (Å²) in [5, 5.41) is 0. The van der Waals surface area contributed by atoms with Crippen molar-refractivity contribution in [1.29, 1.82) is 0 Å². The summed E-state index contributed by atoms with van der Waals surface area (Å²) in [6, 6.07) is 0. The summed E-state index contributed by atoms with van der Waals surface area (Å²) in [4.78, 5) is 38.9. The first-order chi connectivity index (χ1) is 30.4. The predicted molar refractivity (Wildman–Crippen MR) is 269 cm³/mol. The van der Waals surface area contributed by atoms with Crippen molar-refractivity contribution in [1.82, 2.24) is 0 Å². The van der Waals surface area contributed by atoms with Crippen molar-refractivity contribution < 1.29 is 28.6 Å². The van der Waals surface area contributed by atoms with Crippen molar-refractivity contribution in [3.8, 4) is 0 Å². The van der Waals surface area contributed by atoms with E-state index in [0.29, 0.717) is 19.3 Å². The maximum atomic E-state index is 13.0. The number of carbonyl (C=O) groups is 3. The molecule has 0 N–H and O–H groups in total. The number of unbranched alkanes of at least 4 members (excludes halogenated alkanes) is 42. The monoisotopic (exact) mass is 895 g/mol. The Hall–Kier alpha value is -1.16. The molecule has 7 heteroatoms. The van der Waals surface area contributed by atoms with Crippen LogP contribution in [0.4, 0.5) is 0 Å². The van der Waals surface area contributed by atoms with Crippen LogP contribution in [0.3, 0.4) is 0 Å². The number of ether oxygens (including phenoxy) is 3. The Kier molecular flexibility index (Phi) is 48.4. The van der Waals surface area contributed by atoms with Crippen LogP contribution in [0.25, 0.3) is 0 Å². The van der Waals surface area contributed by atoms with E-state index in [2.05, 4.69) is 30.0 Å². The molecule has 0 aromatic carbocycles. The second-order valence-electron chi connectivity index (χ2n) is 19.1. The van der Waals surface area contributed by atoms with Gasteiger partial charge in [-0.2, -0.15) is 0 Å². The lowest BCUT2D eigenvalue weighted by Crippen LogP contribution is -2.39. The largest absolute Gasteiger partial charge is 0.433 e. The van der Waals surface area contributed by atoms with Crippen LogP contribution in [0.15, 0.2) is 0 Å². The van der Waals surface area contributed by atoms with Crippen molar-refractivity contribution in [3.05, 3.63) is 0 Å². The minimum Gasteiger partial charge on any atom is -0.385 e. The maximum Gasteiger partial charge on any atom is 0.433 e. The van der Waals surface area contributed by atoms with Gasteiger partial charge < -0.3 is 14.2 Å². The average molecular weight is 895 g/mol. The Balaban J connectivity index is 4.45. The van der Waals surface area contributed by atoms with Gasteiger partial charge in [0.25, 0.3) is 0 Å². The molecule has 0 saturated carbocycles. The molecular formula is C55H107O6P. The van der Waals surface area contributed by atoms with E-state index in [-0.39, 0.29) is 19.3 Å². The van der Waals surface area contributed by atoms with Gasteiger partial charge in [-0.15, -0.1) is 0 Å². The topological polar surface area (TPSA) is 78.9 Å². The first-order valence-corrected chi connectivity index (χ1v) is 28.4. The van der Waals surface area contributed by atoms with Gasteiger partial charge >= 0.3 is 23.6 Å². The highest BCUT2D eigenvalue weighted by Crippen LogP contribution is 2.28. The van der Waals surface area contributed by atoms with Crippen LogP contribution in [0.2, 0.25) is 0 Å². The molecule has 0 aliphatic heterocycles. The van der Waals surface area contributed by atoms with Gasteiger partial charge in [0.15, 0.2) is 0 Å². The summed E-state index contributed by atoms with van der Waals surface area (Å²) < 4.78 is 16.8. The van der Waals surface area contributed by atoms with E-state index in [9.17, 15) is 14.4 Å². The highest BCUT2D eigenvalue weighted by Gasteiger charge is 2.38. The lowest BCUT2D eigenvalue weighted by Gasteiger charge is -2.27. The van der Waals surface area contributed by atoms with Crippen LogP contribution in [0.1, 0.15) is 329 Å². The molecule has 62 heavy (non-hydrogen) atoms. The molecule has 0 heterocycles. The maximum absolute atomic E-state index is 13.0. The predicted octanol–water partition coefficient (Wildman–Crippen LogP) is 18.9. The van der Waals surface area contributed by atoms with E-state index in [4.69, 9.17) is 14.2 Å². The second-order valence-corrected chi connectivity index (χ2v) is 19.8. The fourth-order valence-corrected chi connectivity index (χ4v) is 9.01. The zero-order valence-electron chi connectivity index (χ0n) is 42.0. The molecule has 0 aliphatic carbocycles. The molecule has 0 aliphatic rings. The van der Waals surface area contributed by atoms with Crippen LogP contribution in [0, 0.1) is 0 Å². The van der Waals surface area contributed by atoms with Gasteiger partial charge in [-0.05, 0) is 19.3 Å². The van der Waals surface area contributed by atoms with E-state index in [1.807, 2.05) is 0 Å². The summed E-state index contributed by atoms with van der Waals surface area (Å²) >= 11 is 0. The van der Waals surface area contributed by atoms with Crippen LogP contribution >= 0.6 is 9.24 Å². The summed E-state index contributed by atoms with van der Waals surface area (Å²) in [5.74, 6) is -1.52. The molecule has 368 valence electrons. The van der Waals surface area contributed by atoms with E-state index in [1.165, 1.54) is 231 Å². The third-order valence-electron chi connectivity index (χ3n) is 12.7. The van der Waals surface area contributed by atoms with Crippen molar-refractivity contribution in [3.63, 3.8) is 0 Å². The number of esters is 3. The van der Waals surface area contributed by atoms with Gasteiger partial charge in [0.1, 0.15) is 0 Å². The minimum absolute atomic E-state index is 0.210. The van der Waals surface area contributed by atoms with Crippen molar-refractivity contribution >= 4 is 27.1 Å². The molecule has 0 aromatic heterocycles. The zero-order chi connectivity index (χ0) is 45.3. The first kappa shape index (κ1) is 60.8. The number of carbonyl (C=O) groups excluding carboxylic acids is 3. The van der Waals surface area contributed by atoms with Gasteiger partial charge in [-0.1, -0.05) is 290 Å². The fraction of sp³-hybridized carbons (Fsp3) is 0.945. The number of rotatable bonds is 51. The third kappa shape index (κ3) is 46.8. The van der Waals surface area contributed by atoms with Crippen LogP contribution in [-0.4, -0.2) is 23.6 Å². The Morgan fingerprint density at radius 1 is 0.258 bits per heavy atom. The summed E-state index contributed by atoms with van der Waals surface area (Å²) in [5.41, 5.74) is -2.11. The zero-order valence-corrected chi connectivity index (χ0v) is 43.1. The van der Waals surface area contributed by atoms with Crippen molar-refractivity contribution in [2.45, 2.75) is 335 Å². The molecule has 0 aromatic rings. The molecule has 0 bridgehead atoms. The number of hydrogen-bond donors (Lipinski definition) is 0. The van der Waals surface area contributed by atoms with E-state index in [1.54, 1.807) is 0 Å². The molecule has 0 rings (SSSR count). The normalized spacial score (nSPS) is 11.6. The van der Waals surface area contributed by atoms with Crippen LogP contribution < -0.4 is 0 Å². The Labute approximate surface area is 389 Å². The van der Waals surface area contributed by atoms with E-state index in [0.717, 1.165) is 38.5 Å². The van der Waals surface area contributed by atoms with Crippen LogP contribution in [-0.2, 0) is 28.6 Å². The second kappa shape index (κ2) is 49.3. The van der Waals surface area contributed by atoms with Gasteiger partial charge in [0.05, 0.1) is 0 Å². The van der Waals surface area contributed by atoms with Crippen LogP contribution in [0.5, 0.6) is 0 Å². The molecule has 1 unspecified atom stereocenters. The van der Waals surface area contributed by atoms with Gasteiger partial charge in [-0.25, -0.2) is 0 Å². The van der Waals surface area contributed by atoms with Gasteiger partial charge in [-0.3, -0.25) is 14.4 Å². The smallest absolute Gasteiger partial charge is 0.385 e. The lowest BCUT2D eigenvalue weighted by atomic mass is 10.0. The summed E-state index contributed by atoms with van der Waals surface area (Å²) in [7, 11) is 2.21. The van der Waals surface area contributed by atoms with E-state index >= 15 is 0 Å².